The van der Waals surface area contributed by atoms with Crippen molar-refractivity contribution in [3.63, 3.8) is 0 Å². The van der Waals surface area contributed by atoms with Gasteiger partial charge >= 0.3 is 0 Å². The Bertz CT molecular complexity index is 1100. The van der Waals surface area contributed by atoms with Crippen molar-refractivity contribution in [2.45, 2.75) is 6.23 Å². The number of rotatable bonds is 1. The number of ether oxygens (including phenoxy) is 1. The fourth-order valence-electron chi connectivity index (χ4n) is 3.48. The summed E-state index contributed by atoms with van der Waals surface area (Å²) in [5.74, 6) is 0.879. The monoisotopic (exact) mass is 409 g/mol. The zero-order valence-corrected chi connectivity index (χ0v) is 15.5. The Morgan fingerprint density at radius 1 is 0.920 bits per heavy atom. The molecule has 0 spiro atoms. The number of hydrogen-bond donors (Lipinski definition) is 0. The molecule has 0 bridgehead atoms. The molecule has 0 fully saturated rings. The molecular weight excluding hydrogens is 398 g/mol. The Morgan fingerprint density at radius 3 is 2.60 bits per heavy atom. The standard InChI is InChI=1S/C21H13BrClNO/c22-15-6-8-17-19-11-14-10-16(23)7-9-18(14)24(19)21(25-20(17)12-15)13-4-2-1-3-5-13/h1-12,21H/t21-/m0/s1. The molecule has 0 saturated carbocycles. The fourth-order valence-corrected chi connectivity index (χ4v) is 4.00. The van der Waals surface area contributed by atoms with E-state index in [4.69, 9.17) is 16.3 Å². The Kier molecular flexibility index (Phi) is 3.40. The summed E-state index contributed by atoms with van der Waals surface area (Å²) in [5, 5.41) is 1.85. The van der Waals surface area contributed by atoms with Gasteiger partial charge in [-0.25, -0.2) is 0 Å². The van der Waals surface area contributed by atoms with Crippen LogP contribution in [0.5, 0.6) is 5.75 Å². The molecule has 1 aliphatic heterocycles. The zero-order chi connectivity index (χ0) is 17.0. The molecule has 5 rings (SSSR count). The van der Waals surface area contributed by atoms with Gasteiger partial charge in [0.1, 0.15) is 5.75 Å². The van der Waals surface area contributed by atoms with Crippen molar-refractivity contribution in [1.82, 2.24) is 4.57 Å². The van der Waals surface area contributed by atoms with Crippen molar-refractivity contribution in [3.8, 4) is 17.0 Å². The lowest BCUT2D eigenvalue weighted by Gasteiger charge is -2.30. The largest absolute Gasteiger partial charge is 0.465 e. The second kappa shape index (κ2) is 5.65. The van der Waals surface area contributed by atoms with Crippen LogP contribution in [0, 0.1) is 0 Å². The molecule has 0 radical (unpaired) electrons. The van der Waals surface area contributed by atoms with Gasteiger partial charge in [0.2, 0.25) is 6.23 Å². The zero-order valence-electron chi connectivity index (χ0n) is 13.1. The third kappa shape index (κ3) is 2.38. The average molecular weight is 411 g/mol. The lowest BCUT2D eigenvalue weighted by atomic mass is 10.1. The minimum absolute atomic E-state index is 0.211. The number of halogens is 2. The highest BCUT2D eigenvalue weighted by Crippen LogP contribution is 2.45. The van der Waals surface area contributed by atoms with Crippen LogP contribution in [0.3, 0.4) is 0 Å². The SMILES string of the molecule is Clc1ccc2c(c1)cc1n2[C@H](c2ccccc2)Oc2cc(Br)ccc2-1. The molecule has 25 heavy (non-hydrogen) atoms. The number of benzene rings is 3. The molecule has 2 nitrogen and oxygen atoms in total. The molecule has 4 heteroatoms. The maximum atomic E-state index is 6.42. The Labute approximate surface area is 158 Å². The van der Waals surface area contributed by atoms with Gasteiger partial charge < -0.3 is 9.30 Å². The van der Waals surface area contributed by atoms with Crippen LogP contribution in [0.2, 0.25) is 5.02 Å². The van der Waals surface area contributed by atoms with Crippen molar-refractivity contribution < 1.29 is 4.74 Å². The average Bonchev–Trinajstić information content (AvgIpc) is 3.00. The van der Waals surface area contributed by atoms with Gasteiger partial charge in [-0.15, -0.1) is 0 Å². The van der Waals surface area contributed by atoms with Gasteiger partial charge in [-0.05, 0) is 42.5 Å². The van der Waals surface area contributed by atoms with Crippen LogP contribution in [-0.2, 0) is 0 Å². The maximum absolute atomic E-state index is 6.42. The normalized spacial score (nSPS) is 15.5. The first-order valence-corrected chi connectivity index (χ1v) is 9.20. The van der Waals surface area contributed by atoms with Crippen molar-refractivity contribution in [2.24, 2.45) is 0 Å². The van der Waals surface area contributed by atoms with Crippen LogP contribution in [0.25, 0.3) is 22.2 Å². The summed E-state index contributed by atoms with van der Waals surface area (Å²) in [7, 11) is 0. The Hall–Kier alpha value is -2.23. The quantitative estimate of drug-likeness (QED) is 0.342. The third-order valence-corrected chi connectivity index (χ3v) is 5.31. The summed E-state index contributed by atoms with van der Waals surface area (Å²) in [5.41, 5.74) is 4.45. The summed E-state index contributed by atoms with van der Waals surface area (Å²) in [4.78, 5) is 0. The van der Waals surface area contributed by atoms with Crippen molar-refractivity contribution in [3.05, 3.63) is 87.9 Å². The summed E-state index contributed by atoms with van der Waals surface area (Å²) < 4.78 is 9.67. The van der Waals surface area contributed by atoms with E-state index in [1.165, 1.54) is 0 Å². The minimum Gasteiger partial charge on any atom is -0.465 e. The highest BCUT2D eigenvalue weighted by molar-refractivity contribution is 9.10. The summed E-state index contributed by atoms with van der Waals surface area (Å²) in [6.45, 7) is 0. The molecule has 3 aromatic carbocycles. The summed E-state index contributed by atoms with van der Waals surface area (Å²) >= 11 is 9.76. The molecule has 1 aromatic heterocycles. The van der Waals surface area contributed by atoms with E-state index in [-0.39, 0.29) is 6.23 Å². The van der Waals surface area contributed by atoms with Crippen molar-refractivity contribution >= 4 is 38.4 Å². The Balaban J connectivity index is 1.84. The van der Waals surface area contributed by atoms with Crippen LogP contribution in [0.4, 0.5) is 0 Å². The van der Waals surface area contributed by atoms with E-state index in [0.29, 0.717) is 0 Å². The molecule has 4 aromatic rings. The van der Waals surface area contributed by atoms with Gasteiger partial charge in [0, 0.05) is 26.0 Å². The summed E-state index contributed by atoms with van der Waals surface area (Å²) in [6, 6.07) is 24.6. The second-order valence-corrected chi connectivity index (χ2v) is 7.48. The van der Waals surface area contributed by atoms with Crippen LogP contribution < -0.4 is 4.74 Å². The number of hydrogen-bond acceptors (Lipinski definition) is 1. The van der Waals surface area contributed by atoms with Crippen LogP contribution in [-0.4, -0.2) is 4.57 Å². The molecule has 2 heterocycles. The van der Waals surface area contributed by atoms with Crippen LogP contribution >= 0.6 is 27.5 Å². The van der Waals surface area contributed by atoms with E-state index in [0.717, 1.165) is 43.0 Å². The first-order chi connectivity index (χ1) is 12.2. The van der Waals surface area contributed by atoms with Gasteiger partial charge in [0.25, 0.3) is 0 Å². The third-order valence-electron chi connectivity index (χ3n) is 4.58. The predicted molar refractivity (Wildman–Crippen MR) is 105 cm³/mol. The predicted octanol–water partition coefficient (Wildman–Crippen LogP) is 6.66. The molecule has 122 valence electrons. The molecular formula is C21H13BrClNO. The van der Waals surface area contributed by atoms with Gasteiger partial charge in [-0.2, -0.15) is 0 Å². The van der Waals surface area contributed by atoms with Crippen molar-refractivity contribution in [1.29, 1.82) is 0 Å². The molecule has 0 aliphatic carbocycles. The molecule has 0 N–H and O–H groups in total. The first-order valence-electron chi connectivity index (χ1n) is 8.03. The highest BCUT2D eigenvalue weighted by atomic mass is 79.9. The fraction of sp³-hybridized carbons (Fsp3) is 0.0476. The van der Waals surface area contributed by atoms with E-state index >= 15 is 0 Å². The second-order valence-electron chi connectivity index (χ2n) is 6.12. The van der Waals surface area contributed by atoms with Gasteiger partial charge in [-0.1, -0.05) is 57.9 Å². The topological polar surface area (TPSA) is 14.2 Å². The first kappa shape index (κ1) is 15.1. The summed E-state index contributed by atoms with van der Waals surface area (Å²) in [6.07, 6.45) is -0.211. The van der Waals surface area contributed by atoms with E-state index in [2.05, 4.69) is 50.8 Å². The number of fused-ring (bicyclic) bond motifs is 5. The van der Waals surface area contributed by atoms with E-state index in [1.54, 1.807) is 0 Å². The molecule has 0 unspecified atom stereocenters. The van der Waals surface area contributed by atoms with E-state index < -0.39 is 0 Å². The van der Waals surface area contributed by atoms with Crippen LogP contribution in [0.15, 0.2) is 77.3 Å². The number of aromatic nitrogens is 1. The van der Waals surface area contributed by atoms with E-state index in [9.17, 15) is 0 Å². The van der Waals surface area contributed by atoms with Crippen molar-refractivity contribution in [2.75, 3.05) is 0 Å². The smallest absolute Gasteiger partial charge is 0.203 e. The van der Waals surface area contributed by atoms with E-state index in [1.807, 2.05) is 42.5 Å². The lowest BCUT2D eigenvalue weighted by Crippen LogP contribution is -2.22. The number of nitrogens with zero attached hydrogens (tertiary/aromatic N) is 1. The van der Waals surface area contributed by atoms with Crippen LogP contribution in [0.1, 0.15) is 11.8 Å². The molecule has 0 saturated heterocycles. The molecule has 1 atom stereocenters. The Morgan fingerprint density at radius 2 is 1.76 bits per heavy atom. The molecule has 0 amide bonds. The molecule has 1 aliphatic rings. The maximum Gasteiger partial charge on any atom is 0.203 e. The van der Waals surface area contributed by atoms with Gasteiger partial charge in [-0.3, -0.25) is 0 Å². The van der Waals surface area contributed by atoms with Gasteiger partial charge in [0.15, 0.2) is 0 Å². The minimum atomic E-state index is -0.211. The highest BCUT2D eigenvalue weighted by Gasteiger charge is 2.28. The van der Waals surface area contributed by atoms with Gasteiger partial charge in [0.05, 0.1) is 11.2 Å². The lowest BCUT2D eigenvalue weighted by molar-refractivity contribution is 0.173.